The van der Waals surface area contributed by atoms with E-state index in [9.17, 15) is 8.76 Å². The van der Waals surface area contributed by atoms with E-state index in [-0.39, 0.29) is 5.03 Å². The van der Waals surface area contributed by atoms with Crippen LogP contribution in [0.25, 0.3) is 0 Å². The summed E-state index contributed by atoms with van der Waals surface area (Å²) in [6, 6.07) is 1.38. The van der Waals surface area contributed by atoms with E-state index in [1.807, 2.05) is 0 Å². The van der Waals surface area contributed by atoms with Crippen molar-refractivity contribution in [2.24, 2.45) is 0 Å². The lowest BCUT2D eigenvalue weighted by Crippen LogP contribution is -1.87. The van der Waals surface area contributed by atoms with E-state index in [2.05, 4.69) is 10.2 Å². The average molecular weight is 131 g/mol. The van der Waals surface area contributed by atoms with Gasteiger partial charge in [-0.1, -0.05) is 0 Å². The van der Waals surface area contributed by atoms with Crippen LogP contribution < -0.4 is 0 Å². The van der Waals surface area contributed by atoms with Crippen molar-refractivity contribution in [3.8, 4) is 0 Å². The third-order valence-corrected chi connectivity index (χ3v) is 1.24. The van der Waals surface area contributed by atoms with Crippen LogP contribution in [-0.2, 0) is 11.1 Å². The number of nitrogens with one attached hydrogen (secondary N) is 1. The minimum atomic E-state index is -2.17. The molecule has 0 radical (unpaired) electrons. The van der Waals surface area contributed by atoms with Gasteiger partial charge in [0.15, 0.2) is 0 Å². The second-order valence-electron chi connectivity index (χ2n) is 1.16. The highest BCUT2D eigenvalue weighted by Gasteiger charge is 1.87. The van der Waals surface area contributed by atoms with Gasteiger partial charge in [0, 0.05) is 6.20 Å². The van der Waals surface area contributed by atoms with Crippen molar-refractivity contribution in [3.05, 3.63) is 12.3 Å². The van der Waals surface area contributed by atoms with Crippen LogP contribution in [0.5, 0.6) is 0 Å². The van der Waals surface area contributed by atoms with Gasteiger partial charge in [-0.15, -0.1) is 0 Å². The number of aromatic nitrogens is 2. The van der Waals surface area contributed by atoms with Gasteiger partial charge in [0.2, 0.25) is 0 Å². The van der Waals surface area contributed by atoms with Gasteiger partial charge in [0.1, 0.15) is 5.03 Å². The Kier molecular flexibility index (Phi) is 1.40. The van der Waals surface area contributed by atoms with E-state index in [1.165, 1.54) is 12.3 Å². The molecule has 44 valence electrons. The van der Waals surface area contributed by atoms with Gasteiger partial charge in [-0.3, -0.25) is 9.31 Å². The molecule has 0 aliphatic rings. The first-order valence-electron chi connectivity index (χ1n) is 1.89. The molecular weight excluding hydrogens is 128 g/mol. The summed E-state index contributed by atoms with van der Waals surface area (Å²) in [5.41, 5.74) is 0. The Bertz CT molecular complexity index is 183. The summed E-state index contributed by atoms with van der Waals surface area (Å²) in [5, 5.41) is 5.82. The Morgan fingerprint density at radius 3 is 2.88 bits per heavy atom. The zero-order valence-electron chi connectivity index (χ0n) is 3.83. The number of H-pyrrole nitrogens is 1. The molecule has 1 aromatic heterocycles. The monoisotopic (exact) mass is 131 g/mol. The Balaban J connectivity index is 2.93. The SMILES string of the molecule is O=S([O-])c1ccn[nH]1. The summed E-state index contributed by atoms with van der Waals surface area (Å²) in [4.78, 5) is 0. The van der Waals surface area contributed by atoms with E-state index in [0.29, 0.717) is 0 Å². The molecule has 0 aliphatic carbocycles. The van der Waals surface area contributed by atoms with Gasteiger partial charge >= 0.3 is 0 Å². The number of hydrogen-bond acceptors (Lipinski definition) is 3. The van der Waals surface area contributed by atoms with Crippen molar-refractivity contribution in [2.45, 2.75) is 5.03 Å². The first-order valence-corrected chi connectivity index (χ1v) is 2.97. The van der Waals surface area contributed by atoms with Crippen molar-refractivity contribution in [1.29, 1.82) is 0 Å². The molecule has 8 heavy (non-hydrogen) atoms. The number of nitrogens with zero attached hydrogens (tertiary/aromatic N) is 1. The van der Waals surface area contributed by atoms with E-state index in [1.54, 1.807) is 0 Å². The molecule has 0 saturated heterocycles. The fourth-order valence-corrected chi connectivity index (χ4v) is 0.635. The van der Waals surface area contributed by atoms with E-state index >= 15 is 0 Å². The fraction of sp³-hybridized carbons (Fsp3) is 0. The summed E-state index contributed by atoms with van der Waals surface area (Å²) < 4.78 is 20.0. The van der Waals surface area contributed by atoms with E-state index < -0.39 is 11.1 Å². The molecule has 0 fully saturated rings. The summed E-state index contributed by atoms with van der Waals surface area (Å²) in [7, 11) is 0. The summed E-state index contributed by atoms with van der Waals surface area (Å²) in [6.07, 6.45) is 1.38. The molecule has 0 saturated carbocycles. The molecule has 0 spiro atoms. The molecule has 0 bridgehead atoms. The van der Waals surface area contributed by atoms with Crippen LogP contribution in [0.4, 0.5) is 0 Å². The molecule has 4 nitrogen and oxygen atoms in total. The standard InChI is InChI=1S/C3H4N2O2S/c6-8(7)3-1-2-4-5-3/h1-2H,(H,4,5)(H,6,7)/p-1. The van der Waals surface area contributed by atoms with Crippen molar-refractivity contribution in [1.82, 2.24) is 10.2 Å². The maximum Gasteiger partial charge on any atom is 0.108 e. The van der Waals surface area contributed by atoms with Gasteiger partial charge in [0.05, 0.1) is 0 Å². The molecule has 5 heteroatoms. The van der Waals surface area contributed by atoms with Gasteiger partial charge in [-0.2, -0.15) is 5.10 Å². The summed E-state index contributed by atoms with van der Waals surface area (Å²) in [6.45, 7) is 0. The predicted molar refractivity (Wildman–Crippen MR) is 25.8 cm³/mol. The Labute approximate surface area is 48.2 Å². The van der Waals surface area contributed by atoms with Gasteiger partial charge in [-0.05, 0) is 17.1 Å². The lowest BCUT2D eigenvalue weighted by atomic mass is 10.8. The normalized spacial score (nSPS) is 13.6. The van der Waals surface area contributed by atoms with E-state index in [0.717, 1.165) is 0 Å². The lowest BCUT2D eigenvalue weighted by molar-refractivity contribution is 0.533. The molecule has 0 aliphatic heterocycles. The van der Waals surface area contributed by atoms with Crippen LogP contribution in [0.1, 0.15) is 0 Å². The van der Waals surface area contributed by atoms with Crippen molar-refractivity contribution >= 4 is 11.1 Å². The second kappa shape index (κ2) is 2.06. The van der Waals surface area contributed by atoms with Crippen LogP contribution >= 0.6 is 0 Å². The fourth-order valence-electron chi connectivity index (χ4n) is 0.336. The van der Waals surface area contributed by atoms with Crippen molar-refractivity contribution in [3.63, 3.8) is 0 Å². The van der Waals surface area contributed by atoms with Crippen LogP contribution in [0, 0.1) is 0 Å². The molecule has 1 unspecified atom stereocenters. The Morgan fingerprint density at radius 2 is 2.62 bits per heavy atom. The summed E-state index contributed by atoms with van der Waals surface area (Å²) >= 11 is -2.17. The topological polar surface area (TPSA) is 68.8 Å². The third kappa shape index (κ3) is 0.932. The number of hydrogen-bond donors (Lipinski definition) is 1. The Hall–Kier alpha value is -0.680. The maximum atomic E-state index is 9.99. The first kappa shape index (κ1) is 5.46. The van der Waals surface area contributed by atoms with Crippen LogP contribution in [0.2, 0.25) is 0 Å². The van der Waals surface area contributed by atoms with Crippen LogP contribution in [0.15, 0.2) is 17.3 Å². The predicted octanol–water partition coefficient (Wildman–Crippen LogP) is -0.352. The second-order valence-corrected chi connectivity index (χ2v) is 2.06. The number of rotatable bonds is 1. The molecule has 1 atom stereocenters. The highest BCUT2D eigenvalue weighted by Crippen LogP contribution is 1.93. The van der Waals surface area contributed by atoms with Gasteiger partial charge in [0.25, 0.3) is 0 Å². The molecular formula is C3H3N2O2S-. The average Bonchev–Trinajstić information content (AvgIpc) is 2.12. The minimum absolute atomic E-state index is 0.116. The Morgan fingerprint density at radius 1 is 1.88 bits per heavy atom. The third-order valence-electron chi connectivity index (χ3n) is 0.655. The highest BCUT2D eigenvalue weighted by atomic mass is 32.2. The largest absolute Gasteiger partial charge is 0.767 e. The van der Waals surface area contributed by atoms with E-state index in [4.69, 9.17) is 0 Å². The molecule has 1 rings (SSSR count). The molecule has 0 amide bonds. The van der Waals surface area contributed by atoms with Gasteiger partial charge < -0.3 is 4.55 Å². The molecule has 1 aromatic rings. The van der Waals surface area contributed by atoms with Crippen LogP contribution in [-0.4, -0.2) is 19.0 Å². The minimum Gasteiger partial charge on any atom is -0.767 e. The lowest BCUT2D eigenvalue weighted by Gasteiger charge is -1.96. The zero-order chi connectivity index (χ0) is 5.98. The van der Waals surface area contributed by atoms with Crippen LogP contribution in [0.3, 0.4) is 0 Å². The number of aromatic amines is 1. The zero-order valence-corrected chi connectivity index (χ0v) is 4.64. The van der Waals surface area contributed by atoms with Crippen molar-refractivity contribution < 1.29 is 8.76 Å². The highest BCUT2D eigenvalue weighted by molar-refractivity contribution is 7.79. The quantitative estimate of drug-likeness (QED) is 0.529. The summed E-state index contributed by atoms with van der Waals surface area (Å²) in [5.74, 6) is 0. The smallest absolute Gasteiger partial charge is 0.108 e. The van der Waals surface area contributed by atoms with Crippen molar-refractivity contribution in [2.75, 3.05) is 0 Å². The molecule has 1 N–H and O–H groups in total. The molecule has 1 heterocycles. The maximum absolute atomic E-state index is 9.99. The molecule has 0 aromatic carbocycles. The first-order chi connectivity index (χ1) is 3.80. The van der Waals surface area contributed by atoms with Gasteiger partial charge in [-0.25, -0.2) is 0 Å².